The first kappa shape index (κ1) is 23.1. The number of methoxy groups -OCH3 is 2. The first-order chi connectivity index (χ1) is 16.0. The molecule has 1 saturated carbocycles. The lowest BCUT2D eigenvalue weighted by atomic mass is 9.95. The van der Waals surface area contributed by atoms with Gasteiger partial charge >= 0.3 is 5.97 Å². The molecule has 2 N–H and O–H groups in total. The van der Waals surface area contributed by atoms with Gasteiger partial charge < -0.3 is 24.1 Å². The Morgan fingerprint density at radius 3 is 2.58 bits per heavy atom. The summed E-state index contributed by atoms with van der Waals surface area (Å²) in [5.74, 6) is 0.259. The van der Waals surface area contributed by atoms with Crippen molar-refractivity contribution in [2.45, 2.75) is 37.8 Å². The molecular formula is C24H30FN3O5. The van der Waals surface area contributed by atoms with Crippen LogP contribution in [0.5, 0.6) is 5.95 Å². The third-order valence-electron chi connectivity index (χ3n) is 6.51. The van der Waals surface area contributed by atoms with Gasteiger partial charge in [0.25, 0.3) is 5.95 Å². The van der Waals surface area contributed by atoms with E-state index in [9.17, 15) is 14.0 Å². The van der Waals surface area contributed by atoms with Crippen LogP contribution in [0.15, 0.2) is 34.7 Å². The SMILES string of the molecule is COC(=O)c1c(F)cccc1N1CCC(CNC(=O)C2(NCc3ccc(OC)o3)CC2)CC1. The quantitative estimate of drug-likeness (QED) is 0.557. The number of ether oxygens (including phenoxy) is 2. The zero-order chi connectivity index (χ0) is 23.4. The molecule has 8 nitrogen and oxygen atoms in total. The van der Waals surface area contributed by atoms with Gasteiger partial charge in [0.1, 0.15) is 17.1 Å². The number of furan rings is 1. The molecule has 1 aromatic carbocycles. The predicted molar refractivity (Wildman–Crippen MR) is 120 cm³/mol. The summed E-state index contributed by atoms with van der Waals surface area (Å²) < 4.78 is 29.5. The summed E-state index contributed by atoms with van der Waals surface area (Å²) in [4.78, 5) is 26.9. The van der Waals surface area contributed by atoms with Crippen molar-refractivity contribution in [3.05, 3.63) is 47.5 Å². The number of hydrogen-bond acceptors (Lipinski definition) is 7. The fourth-order valence-electron chi connectivity index (χ4n) is 4.29. The average molecular weight is 460 g/mol. The van der Waals surface area contributed by atoms with E-state index in [0.717, 1.165) is 31.4 Å². The molecule has 1 amide bonds. The van der Waals surface area contributed by atoms with E-state index in [2.05, 4.69) is 10.6 Å². The van der Waals surface area contributed by atoms with E-state index in [1.165, 1.54) is 13.2 Å². The van der Waals surface area contributed by atoms with Crippen molar-refractivity contribution in [3.8, 4) is 5.95 Å². The molecule has 33 heavy (non-hydrogen) atoms. The monoisotopic (exact) mass is 459 g/mol. The van der Waals surface area contributed by atoms with Crippen LogP contribution in [0.25, 0.3) is 0 Å². The second-order valence-corrected chi connectivity index (χ2v) is 8.63. The van der Waals surface area contributed by atoms with E-state index in [0.29, 0.717) is 43.7 Å². The van der Waals surface area contributed by atoms with Gasteiger partial charge in [-0.05, 0) is 49.8 Å². The van der Waals surface area contributed by atoms with Crippen LogP contribution in [0, 0.1) is 11.7 Å². The Labute approximate surface area is 192 Å². The van der Waals surface area contributed by atoms with Crippen molar-refractivity contribution in [1.82, 2.24) is 10.6 Å². The molecule has 1 saturated heterocycles. The van der Waals surface area contributed by atoms with Gasteiger partial charge in [0.2, 0.25) is 5.91 Å². The van der Waals surface area contributed by atoms with Gasteiger partial charge in [0, 0.05) is 25.7 Å². The molecule has 0 radical (unpaired) electrons. The summed E-state index contributed by atoms with van der Waals surface area (Å²) in [5.41, 5.74) is 0.000231. The number of rotatable bonds is 9. The minimum atomic E-state index is -0.673. The van der Waals surface area contributed by atoms with Crippen LogP contribution in [-0.2, 0) is 16.1 Å². The Morgan fingerprint density at radius 1 is 1.18 bits per heavy atom. The molecule has 1 aromatic heterocycles. The van der Waals surface area contributed by atoms with Gasteiger partial charge in [-0.3, -0.25) is 10.1 Å². The molecule has 0 spiro atoms. The standard InChI is InChI=1S/C24H30FN3O5/c1-31-20-7-6-17(33-20)15-27-24(10-11-24)23(30)26-14-16-8-12-28(13-9-16)19-5-3-4-18(25)21(19)22(29)32-2/h3-7,16,27H,8-15H2,1-2H3,(H,26,30). The van der Waals surface area contributed by atoms with Gasteiger partial charge in [0.15, 0.2) is 0 Å². The molecule has 2 fully saturated rings. The molecule has 0 atom stereocenters. The highest BCUT2D eigenvalue weighted by molar-refractivity contribution is 5.96. The zero-order valence-electron chi connectivity index (χ0n) is 19.0. The van der Waals surface area contributed by atoms with Crippen molar-refractivity contribution in [2.24, 2.45) is 5.92 Å². The first-order valence-electron chi connectivity index (χ1n) is 11.2. The van der Waals surface area contributed by atoms with E-state index >= 15 is 0 Å². The first-order valence-corrected chi connectivity index (χ1v) is 11.2. The maximum absolute atomic E-state index is 14.2. The summed E-state index contributed by atoms with van der Waals surface area (Å²) in [7, 11) is 2.80. The average Bonchev–Trinajstić information content (AvgIpc) is 3.50. The van der Waals surface area contributed by atoms with Crippen LogP contribution in [0.1, 0.15) is 41.8 Å². The van der Waals surface area contributed by atoms with Gasteiger partial charge in [-0.2, -0.15) is 0 Å². The number of benzene rings is 1. The van der Waals surface area contributed by atoms with Crippen molar-refractivity contribution in [3.63, 3.8) is 0 Å². The Balaban J connectivity index is 1.26. The van der Waals surface area contributed by atoms with Gasteiger partial charge in [0.05, 0.1) is 32.0 Å². The summed E-state index contributed by atoms with van der Waals surface area (Å²) in [6.45, 7) is 2.42. The minimum absolute atomic E-state index is 0.0153. The van der Waals surface area contributed by atoms with Gasteiger partial charge in [-0.1, -0.05) is 6.07 Å². The number of piperidine rings is 1. The molecule has 178 valence electrons. The topological polar surface area (TPSA) is 93.0 Å². The maximum Gasteiger partial charge on any atom is 0.342 e. The number of esters is 1. The third-order valence-corrected chi connectivity index (χ3v) is 6.51. The summed E-state index contributed by atoms with van der Waals surface area (Å²) in [6, 6.07) is 8.19. The van der Waals surface area contributed by atoms with E-state index < -0.39 is 17.3 Å². The van der Waals surface area contributed by atoms with Gasteiger partial charge in [-0.15, -0.1) is 0 Å². The van der Waals surface area contributed by atoms with E-state index in [1.54, 1.807) is 25.3 Å². The maximum atomic E-state index is 14.2. The van der Waals surface area contributed by atoms with Gasteiger partial charge in [-0.25, -0.2) is 9.18 Å². The molecule has 0 bridgehead atoms. The molecule has 2 aliphatic rings. The Kier molecular flexibility index (Phi) is 6.88. The lowest BCUT2D eigenvalue weighted by molar-refractivity contribution is -0.124. The highest BCUT2D eigenvalue weighted by Gasteiger charge is 2.49. The fraction of sp³-hybridized carbons (Fsp3) is 0.500. The lowest BCUT2D eigenvalue weighted by Crippen LogP contribution is -2.48. The van der Waals surface area contributed by atoms with Crippen LogP contribution < -0.4 is 20.3 Å². The van der Waals surface area contributed by atoms with Crippen LogP contribution in [0.4, 0.5) is 10.1 Å². The van der Waals surface area contributed by atoms with E-state index in [-0.39, 0.29) is 11.5 Å². The lowest BCUT2D eigenvalue weighted by Gasteiger charge is -2.34. The molecule has 0 unspecified atom stereocenters. The van der Waals surface area contributed by atoms with Crippen molar-refractivity contribution in [1.29, 1.82) is 0 Å². The highest BCUT2D eigenvalue weighted by atomic mass is 19.1. The van der Waals surface area contributed by atoms with E-state index in [4.69, 9.17) is 13.9 Å². The van der Waals surface area contributed by atoms with Crippen LogP contribution >= 0.6 is 0 Å². The summed E-state index contributed by atoms with van der Waals surface area (Å²) in [6.07, 6.45) is 3.27. The number of amides is 1. The Bertz CT molecular complexity index is 996. The van der Waals surface area contributed by atoms with Crippen molar-refractivity contribution in [2.75, 3.05) is 38.8 Å². The van der Waals surface area contributed by atoms with Crippen molar-refractivity contribution < 1.29 is 27.9 Å². The molecule has 2 heterocycles. The molecule has 2 aromatic rings. The van der Waals surface area contributed by atoms with E-state index in [1.807, 2.05) is 11.0 Å². The second-order valence-electron chi connectivity index (χ2n) is 8.63. The number of nitrogens with zero attached hydrogens (tertiary/aromatic N) is 1. The predicted octanol–water partition coefficient (Wildman–Crippen LogP) is 2.87. The molecule has 9 heteroatoms. The minimum Gasteiger partial charge on any atom is -0.468 e. The molecule has 1 aliphatic heterocycles. The molecular weight excluding hydrogens is 429 g/mol. The number of carbonyl (C=O) groups is 2. The molecule has 4 rings (SSSR count). The largest absolute Gasteiger partial charge is 0.468 e. The van der Waals surface area contributed by atoms with Crippen LogP contribution in [0.2, 0.25) is 0 Å². The Hall–Kier alpha value is -3.07. The zero-order valence-corrected chi connectivity index (χ0v) is 19.0. The van der Waals surface area contributed by atoms with Crippen LogP contribution in [0.3, 0.4) is 0 Å². The summed E-state index contributed by atoms with van der Waals surface area (Å²) in [5, 5.41) is 6.42. The highest BCUT2D eigenvalue weighted by Crippen LogP contribution is 2.36. The molecule has 1 aliphatic carbocycles. The Morgan fingerprint density at radius 2 is 1.94 bits per heavy atom. The number of anilines is 1. The summed E-state index contributed by atoms with van der Waals surface area (Å²) >= 11 is 0. The smallest absolute Gasteiger partial charge is 0.342 e. The number of hydrogen-bond donors (Lipinski definition) is 2. The number of carbonyl (C=O) groups excluding carboxylic acids is 2. The second kappa shape index (κ2) is 9.82. The number of halogens is 1. The third kappa shape index (κ3) is 5.13. The van der Waals surface area contributed by atoms with Crippen molar-refractivity contribution >= 4 is 17.6 Å². The fourth-order valence-corrected chi connectivity index (χ4v) is 4.29. The van der Waals surface area contributed by atoms with Crippen LogP contribution in [-0.4, -0.2) is 51.3 Å². The number of nitrogens with one attached hydrogen (secondary N) is 2. The normalized spacial score (nSPS) is 17.5.